The first-order chi connectivity index (χ1) is 11.4. The van der Waals surface area contributed by atoms with Crippen molar-refractivity contribution < 1.29 is 14.3 Å². The van der Waals surface area contributed by atoms with E-state index in [1.165, 1.54) is 11.3 Å². The molecular weight excluding hydrogens is 324 g/mol. The van der Waals surface area contributed by atoms with Crippen molar-refractivity contribution in [1.82, 2.24) is 4.90 Å². The summed E-state index contributed by atoms with van der Waals surface area (Å²) in [7, 11) is 3.83. The van der Waals surface area contributed by atoms with E-state index in [9.17, 15) is 9.59 Å². The molecule has 1 amide bonds. The van der Waals surface area contributed by atoms with Crippen LogP contribution in [-0.4, -0.2) is 44.0 Å². The lowest BCUT2D eigenvalue weighted by Gasteiger charge is -2.11. The van der Waals surface area contributed by atoms with E-state index in [2.05, 4.69) is 5.32 Å². The van der Waals surface area contributed by atoms with E-state index < -0.39 is 5.97 Å². The van der Waals surface area contributed by atoms with Crippen LogP contribution in [0.1, 0.15) is 31.2 Å². The van der Waals surface area contributed by atoms with Gasteiger partial charge in [0.15, 0.2) is 0 Å². The van der Waals surface area contributed by atoms with Crippen molar-refractivity contribution in [3.8, 4) is 0 Å². The second-order valence-corrected chi connectivity index (χ2v) is 6.97. The predicted octanol–water partition coefficient (Wildman–Crippen LogP) is 3.34. The van der Waals surface area contributed by atoms with Gasteiger partial charge in [0.2, 0.25) is 0 Å². The SMILES string of the molecule is Cc1sc(NC(=O)c2ccccc2)c(C(=O)OCCN(C)C)c1C. The Balaban J connectivity index is 2.17. The largest absolute Gasteiger partial charge is 0.461 e. The van der Waals surface area contributed by atoms with Crippen LogP contribution in [0.15, 0.2) is 30.3 Å². The number of carbonyl (C=O) groups excluding carboxylic acids is 2. The maximum absolute atomic E-state index is 12.4. The second-order valence-electron chi connectivity index (χ2n) is 5.75. The number of hydrogen-bond acceptors (Lipinski definition) is 5. The number of nitrogens with zero attached hydrogens (tertiary/aromatic N) is 1. The molecule has 1 heterocycles. The fourth-order valence-corrected chi connectivity index (χ4v) is 3.16. The van der Waals surface area contributed by atoms with Crippen LogP contribution >= 0.6 is 11.3 Å². The number of benzene rings is 1. The Morgan fingerprint density at radius 3 is 2.46 bits per heavy atom. The van der Waals surface area contributed by atoms with Gasteiger partial charge in [-0.3, -0.25) is 4.79 Å². The minimum atomic E-state index is -0.401. The van der Waals surface area contributed by atoms with Gasteiger partial charge in [0.05, 0.1) is 5.56 Å². The summed E-state index contributed by atoms with van der Waals surface area (Å²) in [5.74, 6) is -0.638. The molecule has 0 aliphatic carbocycles. The first-order valence-corrected chi connectivity index (χ1v) is 8.50. The van der Waals surface area contributed by atoms with Crippen LogP contribution in [0.4, 0.5) is 5.00 Å². The first-order valence-electron chi connectivity index (χ1n) is 7.68. The van der Waals surface area contributed by atoms with Crippen molar-refractivity contribution in [3.05, 3.63) is 51.9 Å². The molecule has 0 saturated carbocycles. The number of esters is 1. The van der Waals surface area contributed by atoms with Crippen molar-refractivity contribution in [3.63, 3.8) is 0 Å². The van der Waals surface area contributed by atoms with Gasteiger partial charge in [-0.25, -0.2) is 4.79 Å². The van der Waals surface area contributed by atoms with E-state index in [0.717, 1.165) is 10.4 Å². The number of rotatable bonds is 6. The molecule has 0 aliphatic rings. The van der Waals surface area contributed by atoms with Crippen LogP contribution in [-0.2, 0) is 4.74 Å². The van der Waals surface area contributed by atoms with E-state index in [1.807, 2.05) is 38.9 Å². The molecule has 0 spiro atoms. The minimum Gasteiger partial charge on any atom is -0.461 e. The summed E-state index contributed by atoms with van der Waals surface area (Å²) >= 11 is 1.39. The molecule has 0 saturated heterocycles. The maximum Gasteiger partial charge on any atom is 0.341 e. The number of amides is 1. The molecule has 0 bridgehead atoms. The highest BCUT2D eigenvalue weighted by Gasteiger charge is 2.22. The van der Waals surface area contributed by atoms with Gasteiger partial charge < -0.3 is 15.0 Å². The van der Waals surface area contributed by atoms with Gasteiger partial charge >= 0.3 is 5.97 Å². The van der Waals surface area contributed by atoms with Crippen molar-refractivity contribution in [2.24, 2.45) is 0 Å². The Kier molecular flexibility index (Phi) is 6.11. The van der Waals surface area contributed by atoms with Gasteiger partial charge in [0.1, 0.15) is 11.6 Å². The van der Waals surface area contributed by atoms with E-state index in [1.54, 1.807) is 24.3 Å². The predicted molar refractivity (Wildman–Crippen MR) is 97.0 cm³/mol. The van der Waals surface area contributed by atoms with Crippen LogP contribution in [0.3, 0.4) is 0 Å². The smallest absolute Gasteiger partial charge is 0.341 e. The molecule has 0 radical (unpaired) electrons. The van der Waals surface area contributed by atoms with Crippen LogP contribution in [0.2, 0.25) is 0 Å². The van der Waals surface area contributed by atoms with Gasteiger partial charge in [0.25, 0.3) is 5.91 Å². The Morgan fingerprint density at radius 1 is 1.17 bits per heavy atom. The molecule has 2 aromatic rings. The van der Waals surface area contributed by atoms with E-state index in [-0.39, 0.29) is 5.91 Å². The highest BCUT2D eigenvalue weighted by molar-refractivity contribution is 7.16. The molecule has 0 unspecified atom stereocenters. The normalized spacial score (nSPS) is 10.7. The second kappa shape index (κ2) is 8.08. The topological polar surface area (TPSA) is 58.6 Å². The number of aryl methyl sites for hydroxylation is 1. The molecule has 5 nitrogen and oxygen atoms in total. The van der Waals surface area contributed by atoms with Gasteiger partial charge in [-0.15, -0.1) is 11.3 Å². The lowest BCUT2D eigenvalue weighted by molar-refractivity contribution is 0.0482. The molecule has 6 heteroatoms. The van der Waals surface area contributed by atoms with E-state index in [0.29, 0.717) is 29.3 Å². The summed E-state index contributed by atoms with van der Waals surface area (Å²) < 4.78 is 5.34. The average molecular weight is 346 g/mol. The first kappa shape index (κ1) is 18.2. The Morgan fingerprint density at radius 2 is 1.83 bits per heavy atom. The molecule has 1 aromatic carbocycles. The molecule has 0 aliphatic heterocycles. The molecule has 24 heavy (non-hydrogen) atoms. The third-order valence-electron chi connectivity index (χ3n) is 3.62. The summed E-state index contributed by atoms with van der Waals surface area (Å²) in [4.78, 5) is 27.7. The lowest BCUT2D eigenvalue weighted by Crippen LogP contribution is -2.21. The summed E-state index contributed by atoms with van der Waals surface area (Å²) in [5.41, 5.74) is 1.84. The van der Waals surface area contributed by atoms with Crippen LogP contribution in [0, 0.1) is 13.8 Å². The Labute approximate surface area is 146 Å². The zero-order valence-corrected chi connectivity index (χ0v) is 15.2. The van der Waals surface area contributed by atoms with Crippen LogP contribution < -0.4 is 5.32 Å². The number of carbonyl (C=O) groups is 2. The van der Waals surface area contributed by atoms with E-state index in [4.69, 9.17) is 4.74 Å². The summed E-state index contributed by atoms with van der Waals surface area (Å²) in [6, 6.07) is 8.92. The number of anilines is 1. The molecule has 1 N–H and O–H groups in total. The summed E-state index contributed by atoms with van der Waals surface area (Å²) in [5, 5.41) is 3.37. The minimum absolute atomic E-state index is 0.237. The molecule has 0 atom stereocenters. The monoisotopic (exact) mass is 346 g/mol. The third kappa shape index (κ3) is 4.43. The maximum atomic E-state index is 12.4. The zero-order chi connectivity index (χ0) is 17.7. The quantitative estimate of drug-likeness (QED) is 0.815. The average Bonchev–Trinajstić information content (AvgIpc) is 2.82. The summed E-state index contributed by atoms with van der Waals surface area (Å²) in [6.45, 7) is 4.76. The molecule has 2 rings (SSSR count). The number of thiophene rings is 1. The molecule has 1 aromatic heterocycles. The van der Waals surface area contributed by atoms with Crippen molar-refractivity contribution in [2.75, 3.05) is 32.6 Å². The molecule has 128 valence electrons. The highest BCUT2D eigenvalue weighted by Crippen LogP contribution is 2.33. The number of likely N-dealkylation sites (N-methyl/N-ethyl adjacent to an activating group) is 1. The van der Waals surface area contributed by atoms with Crippen LogP contribution in [0.25, 0.3) is 0 Å². The number of nitrogens with one attached hydrogen (secondary N) is 1. The fraction of sp³-hybridized carbons (Fsp3) is 0.333. The molecular formula is C18H22N2O3S. The summed E-state index contributed by atoms with van der Waals surface area (Å²) in [6.07, 6.45) is 0. The highest BCUT2D eigenvalue weighted by atomic mass is 32.1. The fourth-order valence-electron chi connectivity index (χ4n) is 2.12. The lowest BCUT2D eigenvalue weighted by atomic mass is 10.1. The van der Waals surface area contributed by atoms with Gasteiger partial charge in [-0.2, -0.15) is 0 Å². The van der Waals surface area contributed by atoms with E-state index >= 15 is 0 Å². The third-order valence-corrected chi connectivity index (χ3v) is 4.75. The van der Waals surface area contributed by atoms with Crippen molar-refractivity contribution in [2.45, 2.75) is 13.8 Å². The van der Waals surface area contributed by atoms with Crippen LogP contribution in [0.5, 0.6) is 0 Å². The van der Waals surface area contributed by atoms with Gasteiger partial charge in [-0.05, 0) is 45.6 Å². The van der Waals surface area contributed by atoms with Gasteiger partial charge in [-0.1, -0.05) is 18.2 Å². The molecule has 0 fully saturated rings. The number of ether oxygens (including phenoxy) is 1. The van der Waals surface area contributed by atoms with Crippen molar-refractivity contribution in [1.29, 1.82) is 0 Å². The standard InChI is InChI=1S/C18H22N2O3S/c1-12-13(2)24-17(15(12)18(22)23-11-10-20(3)4)19-16(21)14-8-6-5-7-9-14/h5-9H,10-11H2,1-4H3,(H,19,21). The number of hydrogen-bond donors (Lipinski definition) is 1. The zero-order valence-electron chi connectivity index (χ0n) is 14.4. The Bertz CT molecular complexity index is 723. The Hall–Kier alpha value is -2.18. The van der Waals surface area contributed by atoms with Crippen molar-refractivity contribution >= 4 is 28.2 Å². The van der Waals surface area contributed by atoms with Gasteiger partial charge in [0, 0.05) is 17.0 Å².